The molecule has 1 aliphatic heterocycles. The molecule has 2 aromatic carbocycles. The third-order valence-electron chi connectivity index (χ3n) is 6.48. The average molecular weight is 491 g/mol. The molecular formula is C26H30N6O2S. The topological polar surface area (TPSA) is 68.5 Å². The molecule has 1 fully saturated rings. The molecule has 3 heterocycles. The highest BCUT2D eigenvalue weighted by atomic mass is 32.1. The zero-order valence-corrected chi connectivity index (χ0v) is 20.9. The third-order valence-corrected chi connectivity index (χ3v) is 7.34. The van der Waals surface area contributed by atoms with Crippen molar-refractivity contribution >= 4 is 11.3 Å². The summed E-state index contributed by atoms with van der Waals surface area (Å²) in [7, 11) is 3.42. The number of methoxy groups -OCH3 is 2. The van der Waals surface area contributed by atoms with Gasteiger partial charge in [-0.2, -0.15) is 0 Å². The molecule has 0 spiro atoms. The Morgan fingerprint density at radius 3 is 2.40 bits per heavy atom. The van der Waals surface area contributed by atoms with Crippen LogP contribution < -0.4 is 9.47 Å². The van der Waals surface area contributed by atoms with Crippen LogP contribution in [0.5, 0.6) is 11.5 Å². The predicted molar refractivity (Wildman–Crippen MR) is 136 cm³/mol. The molecule has 1 saturated heterocycles. The van der Waals surface area contributed by atoms with Crippen molar-refractivity contribution < 1.29 is 9.47 Å². The number of aromatic nitrogens is 4. The van der Waals surface area contributed by atoms with Crippen LogP contribution in [-0.4, -0.2) is 70.4 Å². The van der Waals surface area contributed by atoms with Crippen molar-refractivity contribution in [2.45, 2.75) is 19.1 Å². The number of piperazine rings is 1. The summed E-state index contributed by atoms with van der Waals surface area (Å²) >= 11 is 1.72. The van der Waals surface area contributed by atoms with Crippen molar-refractivity contribution in [1.29, 1.82) is 0 Å². The summed E-state index contributed by atoms with van der Waals surface area (Å²) in [6.07, 6.45) is 0. The number of hydrogen-bond acceptors (Lipinski definition) is 8. The van der Waals surface area contributed by atoms with E-state index in [0.717, 1.165) is 55.6 Å². The maximum atomic E-state index is 5.56. The fourth-order valence-corrected chi connectivity index (χ4v) is 5.32. The first-order chi connectivity index (χ1) is 17.2. The molecule has 8 nitrogen and oxygen atoms in total. The van der Waals surface area contributed by atoms with Gasteiger partial charge in [-0.3, -0.25) is 9.80 Å². The van der Waals surface area contributed by atoms with Crippen LogP contribution in [0.3, 0.4) is 0 Å². The van der Waals surface area contributed by atoms with Gasteiger partial charge in [-0.1, -0.05) is 36.4 Å². The van der Waals surface area contributed by atoms with Crippen LogP contribution in [0, 0.1) is 0 Å². The average Bonchev–Trinajstić information content (AvgIpc) is 3.59. The van der Waals surface area contributed by atoms with Gasteiger partial charge in [0.2, 0.25) is 0 Å². The van der Waals surface area contributed by atoms with Gasteiger partial charge >= 0.3 is 0 Å². The molecule has 2 aromatic heterocycles. The Morgan fingerprint density at radius 2 is 1.69 bits per heavy atom. The highest BCUT2D eigenvalue weighted by Crippen LogP contribution is 2.30. The number of rotatable bonds is 9. The van der Waals surface area contributed by atoms with Crippen LogP contribution in [-0.2, 0) is 13.1 Å². The van der Waals surface area contributed by atoms with Gasteiger partial charge in [-0.05, 0) is 45.6 Å². The Balaban J connectivity index is 1.37. The van der Waals surface area contributed by atoms with Gasteiger partial charge in [0.1, 0.15) is 11.5 Å². The molecule has 0 saturated carbocycles. The monoisotopic (exact) mass is 490 g/mol. The van der Waals surface area contributed by atoms with Crippen molar-refractivity contribution in [1.82, 2.24) is 30.0 Å². The van der Waals surface area contributed by atoms with Gasteiger partial charge in [-0.25, -0.2) is 4.68 Å². The number of tetrazole rings is 1. The van der Waals surface area contributed by atoms with Crippen molar-refractivity contribution in [2.24, 2.45) is 0 Å². The molecule has 0 unspecified atom stereocenters. The van der Waals surface area contributed by atoms with Gasteiger partial charge in [0, 0.05) is 43.2 Å². The fraction of sp³-hybridized carbons (Fsp3) is 0.346. The molecule has 4 aromatic rings. The maximum absolute atomic E-state index is 5.56. The van der Waals surface area contributed by atoms with Crippen LogP contribution >= 0.6 is 11.3 Å². The van der Waals surface area contributed by atoms with Crippen LogP contribution in [0.2, 0.25) is 0 Å². The lowest BCUT2D eigenvalue weighted by atomic mass is 10.0. The van der Waals surface area contributed by atoms with Crippen LogP contribution in [0.4, 0.5) is 0 Å². The maximum Gasteiger partial charge on any atom is 0.173 e. The van der Waals surface area contributed by atoms with E-state index in [-0.39, 0.29) is 6.04 Å². The van der Waals surface area contributed by atoms with Gasteiger partial charge in [0.05, 0.1) is 26.8 Å². The van der Waals surface area contributed by atoms with E-state index in [1.54, 1.807) is 25.6 Å². The Morgan fingerprint density at radius 1 is 0.886 bits per heavy atom. The van der Waals surface area contributed by atoms with Crippen molar-refractivity contribution in [3.05, 3.63) is 87.9 Å². The molecule has 0 N–H and O–H groups in total. The molecule has 0 radical (unpaired) electrons. The molecule has 5 rings (SSSR count). The van der Waals surface area contributed by atoms with E-state index < -0.39 is 0 Å². The second kappa shape index (κ2) is 11.0. The standard InChI is InChI=1S/C26H30N6O2S/c1-33-22-11-9-20(10-12-22)25(26-27-28-29-32(26)19-23-7-5-17-35-23)31-15-13-30(14-16-31)18-21-6-3-4-8-24(21)34-2/h3-12,17,25H,13-16,18-19H2,1-2H3/t25-/m1/s1. The minimum Gasteiger partial charge on any atom is -0.497 e. The van der Waals surface area contributed by atoms with E-state index in [0.29, 0.717) is 6.54 Å². The number of para-hydroxylation sites is 1. The SMILES string of the molecule is COc1ccc([C@H](c2nnnn2Cc2cccs2)N2CCN(Cc3ccccc3OC)CC2)cc1. The smallest absolute Gasteiger partial charge is 0.173 e. The van der Waals surface area contributed by atoms with Crippen molar-refractivity contribution in [3.8, 4) is 11.5 Å². The number of hydrogen-bond donors (Lipinski definition) is 0. The van der Waals surface area contributed by atoms with Gasteiger partial charge in [-0.15, -0.1) is 16.4 Å². The summed E-state index contributed by atoms with van der Waals surface area (Å²) in [5.74, 6) is 2.65. The fourth-order valence-electron chi connectivity index (χ4n) is 4.63. The first-order valence-corrected chi connectivity index (χ1v) is 12.6. The Labute approximate surface area is 209 Å². The Hall–Kier alpha value is -3.27. The van der Waals surface area contributed by atoms with Gasteiger partial charge in [0.15, 0.2) is 5.82 Å². The highest BCUT2D eigenvalue weighted by molar-refractivity contribution is 7.09. The van der Waals surface area contributed by atoms with Gasteiger partial charge < -0.3 is 9.47 Å². The normalized spacial score (nSPS) is 15.7. The van der Waals surface area contributed by atoms with Crippen molar-refractivity contribution in [3.63, 3.8) is 0 Å². The van der Waals surface area contributed by atoms with E-state index in [9.17, 15) is 0 Å². The number of benzene rings is 2. The summed E-state index contributed by atoms with van der Waals surface area (Å²) < 4.78 is 12.9. The predicted octanol–water partition coefficient (Wildman–Crippen LogP) is 3.71. The molecular weight excluding hydrogens is 460 g/mol. The van der Waals surface area contributed by atoms with E-state index in [1.807, 2.05) is 28.9 Å². The van der Waals surface area contributed by atoms with E-state index in [1.165, 1.54) is 10.4 Å². The molecule has 0 amide bonds. The molecule has 182 valence electrons. The zero-order chi connectivity index (χ0) is 24.0. The van der Waals surface area contributed by atoms with E-state index in [2.05, 4.69) is 67.1 Å². The largest absolute Gasteiger partial charge is 0.497 e. The highest BCUT2D eigenvalue weighted by Gasteiger charge is 2.31. The lowest BCUT2D eigenvalue weighted by Crippen LogP contribution is -2.48. The van der Waals surface area contributed by atoms with Crippen LogP contribution in [0.15, 0.2) is 66.0 Å². The third kappa shape index (κ3) is 5.37. The summed E-state index contributed by atoms with van der Waals surface area (Å²) in [6, 6.07) is 20.7. The molecule has 9 heteroatoms. The Kier molecular flexibility index (Phi) is 7.37. The summed E-state index contributed by atoms with van der Waals surface area (Å²) in [6.45, 7) is 5.28. The lowest BCUT2D eigenvalue weighted by Gasteiger charge is -2.39. The van der Waals surface area contributed by atoms with E-state index >= 15 is 0 Å². The second-order valence-electron chi connectivity index (χ2n) is 8.57. The molecule has 1 atom stereocenters. The summed E-state index contributed by atoms with van der Waals surface area (Å²) in [5.41, 5.74) is 2.38. The van der Waals surface area contributed by atoms with Crippen LogP contribution in [0.25, 0.3) is 0 Å². The molecule has 35 heavy (non-hydrogen) atoms. The van der Waals surface area contributed by atoms with Gasteiger partial charge in [0.25, 0.3) is 0 Å². The second-order valence-corrected chi connectivity index (χ2v) is 9.61. The minimum absolute atomic E-state index is 0.0377. The summed E-state index contributed by atoms with van der Waals surface area (Å²) in [5, 5.41) is 15.0. The number of ether oxygens (including phenoxy) is 2. The van der Waals surface area contributed by atoms with Crippen LogP contribution in [0.1, 0.15) is 27.9 Å². The molecule has 1 aliphatic rings. The zero-order valence-electron chi connectivity index (χ0n) is 20.1. The molecule has 0 bridgehead atoms. The number of nitrogens with zero attached hydrogens (tertiary/aromatic N) is 6. The molecule has 0 aliphatic carbocycles. The quantitative estimate of drug-likeness (QED) is 0.354. The lowest BCUT2D eigenvalue weighted by molar-refractivity contribution is 0.0997. The first-order valence-electron chi connectivity index (χ1n) is 11.8. The Bertz CT molecular complexity index is 1200. The van der Waals surface area contributed by atoms with E-state index in [4.69, 9.17) is 9.47 Å². The summed E-state index contributed by atoms with van der Waals surface area (Å²) in [4.78, 5) is 6.19. The van der Waals surface area contributed by atoms with Crippen molar-refractivity contribution in [2.75, 3.05) is 40.4 Å². The number of thiophene rings is 1. The minimum atomic E-state index is -0.0377. The first kappa shape index (κ1) is 23.5.